The largest absolute Gasteiger partial charge is 0.298 e. The number of carbonyl (C=O) groups excluding carboxylic acids is 1. The van der Waals surface area contributed by atoms with Gasteiger partial charge in [-0.05, 0) is 40.5 Å². The van der Waals surface area contributed by atoms with Crippen molar-refractivity contribution in [2.24, 2.45) is 5.92 Å². The van der Waals surface area contributed by atoms with Gasteiger partial charge in [-0.1, -0.05) is 20.3 Å². The standard InChI is InChI=1S/C13H27NO/c1-8-11(6)13(12(7)15)14(9(2)3)10(4)5/h9-11,13H,8H2,1-7H3. The summed E-state index contributed by atoms with van der Waals surface area (Å²) >= 11 is 0. The van der Waals surface area contributed by atoms with Gasteiger partial charge in [0.2, 0.25) is 0 Å². The molecule has 0 saturated heterocycles. The van der Waals surface area contributed by atoms with Crippen molar-refractivity contribution < 1.29 is 4.79 Å². The van der Waals surface area contributed by atoms with E-state index in [9.17, 15) is 4.79 Å². The van der Waals surface area contributed by atoms with E-state index in [1.807, 2.05) is 0 Å². The Hall–Kier alpha value is -0.370. The van der Waals surface area contributed by atoms with Crippen LogP contribution in [0.2, 0.25) is 0 Å². The van der Waals surface area contributed by atoms with Gasteiger partial charge in [0.25, 0.3) is 0 Å². The van der Waals surface area contributed by atoms with Gasteiger partial charge >= 0.3 is 0 Å². The molecule has 0 aromatic carbocycles. The Morgan fingerprint density at radius 1 is 1.07 bits per heavy atom. The summed E-state index contributed by atoms with van der Waals surface area (Å²) in [6.07, 6.45) is 1.06. The van der Waals surface area contributed by atoms with Crippen LogP contribution in [0.15, 0.2) is 0 Å². The number of nitrogens with zero attached hydrogens (tertiary/aromatic N) is 1. The first-order valence-corrected chi connectivity index (χ1v) is 6.10. The van der Waals surface area contributed by atoms with Crippen molar-refractivity contribution in [3.8, 4) is 0 Å². The van der Waals surface area contributed by atoms with Crippen molar-refractivity contribution in [1.82, 2.24) is 4.90 Å². The normalized spacial score (nSPS) is 16.1. The van der Waals surface area contributed by atoms with Crippen molar-refractivity contribution in [1.29, 1.82) is 0 Å². The molecule has 2 heteroatoms. The highest BCUT2D eigenvalue weighted by atomic mass is 16.1. The van der Waals surface area contributed by atoms with E-state index in [4.69, 9.17) is 0 Å². The minimum absolute atomic E-state index is 0.0787. The van der Waals surface area contributed by atoms with Crippen molar-refractivity contribution in [2.75, 3.05) is 0 Å². The second kappa shape index (κ2) is 6.26. The van der Waals surface area contributed by atoms with Crippen molar-refractivity contribution in [2.45, 2.75) is 73.0 Å². The lowest BCUT2D eigenvalue weighted by Gasteiger charge is -2.39. The number of Topliss-reactive ketones (excluding diaryl/α,β-unsaturated/α-hetero) is 1. The molecule has 0 aromatic rings. The molecule has 0 aliphatic heterocycles. The number of hydrogen-bond acceptors (Lipinski definition) is 2. The van der Waals surface area contributed by atoms with Gasteiger partial charge in [0.1, 0.15) is 5.78 Å². The van der Waals surface area contributed by atoms with Gasteiger partial charge in [-0.2, -0.15) is 0 Å². The van der Waals surface area contributed by atoms with Crippen LogP contribution in [0.4, 0.5) is 0 Å². The highest BCUT2D eigenvalue weighted by molar-refractivity contribution is 5.81. The third-order valence-corrected chi connectivity index (χ3v) is 3.11. The van der Waals surface area contributed by atoms with Gasteiger partial charge in [-0.3, -0.25) is 9.69 Å². The molecule has 0 saturated carbocycles. The van der Waals surface area contributed by atoms with Gasteiger partial charge < -0.3 is 0 Å². The number of ketones is 1. The van der Waals surface area contributed by atoms with Crippen molar-refractivity contribution >= 4 is 5.78 Å². The van der Waals surface area contributed by atoms with E-state index in [0.29, 0.717) is 23.8 Å². The van der Waals surface area contributed by atoms with Crippen molar-refractivity contribution in [3.63, 3.8) is 0 Å². The molecule has 0 aliphatic rings. The Balaban J connectivity index is 4.92. The van der Waals surface area contributed by atoms with Gasteiger partial charge in [0, 0.05) is 12.1 Å². The van der Waals surface area contributed by atoms with Crippen LogP contribution in [-0.2, 0) is 4.79 Å². The summed E-state index contributed by atoms with van der Waals surface area (Å²) in [5, 5.41) is 0. The summed E-state index contributed by atoms with van der Waals surface area (Å²) < 4.78 is 0. The first kappa shape index (κ1) is 14.6. The molecule has 0 bridgehead atoms. The molecule has 0 aromatic heterocycles. The molecule has 15 heavy (non-hydrogen) atoms. The highest BCUT2D eigenvalue weighted by Crippen LogP contribution is 2.20. The SMILES string of the molecule is CCC(C)C(C(C)=O)N(C(C)C)C(C)C. The van der Waals surface area contributed by atoms with E-state index < -0.39 is 0 Å². The molecule has 0 heterocycles. The van der Waals surface area contributed by atoms with Crippen molar-refractivity contribution in [3.05, 3.63) is 0 Å². The summed E-state index contributed by atoms with van der Waals surface area (Å²) in [4.78, 5) is 14.1. The Labute approximate surface area is 95.0 Å². The predicted octanol–water partition coefficient (Wildman–Crippen LogP) is 3.11. The van der Waals surface area contributed by atoms with Crippen LogP contribution in [0.5, 0.6) is 0 Å². The average Bonchev–Trinajstić information content (AvgIpc) is 2.10. The zero-order valence-electron chi connectivity index (χ0n) is 11.4. The second-order valence-electron chi connectivity index (χ2n) is 5.08. The summed E-state index contributed by atoms with van der Waals surface area (Å²) in [5.74, 6) is 0.735. The van der Waals surface area contributed by atoms with E-state index in [2.05, 4.69) is 46.4 Å². The molecule has 0 fully saturated rings. The smallest absolute Gasteiger partial charge is 0.147 e. The summed E-state index contributed by atoms with van der Waals surface area (Å²) in [6.45, 7) is 14.7. The molecular weight excluding hydrogens is 186 g/mol. The molecule has 90 valence electrons. The van der Waals surface area contributed by atoms with Crippen LogP contribution in [0, 0.1) is 5.92 Å². The highest BCUT2D eigenvalue weighted by Gasteiger charge is 2.30. The van der Waals surface area contributed by atoms with E-state index in [-0.39, 0.29) is 6.04 Å². The van der Waals surface area contributed by atoms with Gasteiger partial charge in [-0.25, -0.2) is 0 Å². The summed E-state index contributed by atoms with van der Waals surface area (Å²) in [7, 11) is 0. The first-order chi connectivity index (χ1) is 6.82. The van der Waals surface area contributed by atoms with Crippen LogP contribution in [0.25, 0.3) is 0 Å². The molecule has 2 nitrogen and oxygen atoms in total. The number of hydrogen-bond donors (Lipinski definition) is 0. The summed E-state index contributed by atoms with van der Waals surface area (Å²) in [5.41, 5.74) is 0. The maximum Gasteiger partial charge on any atom is 0.147 e. The van der Waals surface area contributed by atoms with Crippen LogP contribution in [0.1, 0.15) is 54.9 Å². The maximum absolute atomic E-state index is 11.8. The third-order valence-electron chi connectivity index (χ3n) is 3.11. The average molecular weight is 213 g/mol. The molecule has 0 spiro atoms. The van der Waals surface area contributed by atoms with Crippen LogP contribution in [-0.4, -0.2) is 28.8 Å². The van der Waals surface area contributed by atoms with Crippen LogP contribution in [0.3, 0.4) is 0 Å². The predicted molar refractivity (Wildman–Crippen MR) is 66.0 cm³/mol. The fraction of sp³-hybridized carbons (Fsp3) is 0.923. The molecule has 0 radical (unpaired) electrons. The molecule has 2 atom stereocenters. The summed E-state index contributed by atoms with van der Waals surface area (Å²) in [6, 6.07) is 0.927. The number of carbonyl (C=O) groups is 1. The van der Waals surface area contributed by atoms with Gasteiger partial charge in [0.15, 0.2) is 0 Å². The minimum Gasteiger partial charge on any atom is -0.298 e. The van der Waals surface area contributed by atoms with Crippen LogP contribution < -0.4 is 0 Å². The molecule has 0 amide bonds. The molecule has 2 unspecified atom stereocenters. The Bertz CT molecular complexity index is 191. The number of rotatable bonds is 6. The Morgan fingerprint density at radius 2 is 1.47 bits per heavy atom. The maximum atomic E-state index is 11.8. The third kappa shape index (κ3) is 3.94. The van der Waals surface area contributed by atoms with Gasteiger partial charge in [-0.15, -0.1) is 0 Å². The Morgan fingerprint density at radius 3 is 1.67 bits per heavy atom. The molecule has 0 rings (SSSR count). The minimum atomic E-state index is 0.0787. The van der Waals surface area contributed by atoms with Crippen LogP contribution >= 0.6 is 0 Å². The lowest BCUT2D eigenvalue weighted by molar-refractivity contribution is -0.125. The molecule has 0 N–H and O–H groups in total. The van der Waals surface area contributed by atoms with E-state index in [0.717, 1.165) is 6.42 Å². The fourth-order valence-corrected chi connectivity index (χ4v) is 2.37. The molecular formula is C13H27NO. The lowest BCUT2D eigenvalue weighted by Crippen LogP contribution is -2.51. The zero-order chi connectivity index (χ0) is 12.2. The van der Waals surface area contributed by atoms with Gasteiger partial charge in [0.05, 0.1) is 6.04 Å². The van der Waals surface area contributed by atoms with E-state index in [1.54, 1.807) is 6.92 Å². The quantitative estimate of drug-likeness (QED) is 0.675. The fourth-order valence-electron chi connectivity index (χ4n) is 2.37. The first-order valence-electron chi connectivity index (χ1n) is 6.10. The topological polar surface area (TPSA) is 20.3 Å². The Kier molecular flexibility index (Phi) is 6.11. The monoisotopic (exact) mass is 213 g/mol. The second-order valence-corrected chi connectivity index (χ2v) is 5.08. The lowest BCUT2D eigenvalue weighted by atomic mass is 9.92. The molecule has 0 aliphatic carbocycles. The van der Waals surface area contributed by atoms with E-state index >= 15 is 0 Å². The van der Waals surface area contributed by atoms with E-state index in [1.165, 1.54) is 0 Å². The zero-order valence-corrected chi connectivity index (χ0v) is 11.4.